The van der Waals surface area contributed by atoms with E-state index in [4.69, 9.17) is 10.8 Å². The van der Waals surface area contributed by atoms with Crippen LogP contribution in [0.4, 0.5) is 18.9 Å². The molecule has 2 amide bonds. The second-order valence-corrected chi connectivity index (χ2v) is 6.19. The average Bonchev–Trinajstić information content (AvgIpc) is 2.65. The number of fused-ring (bicyclic) bond motifs is 1. The van der Waals surface area contributed by atoms with E-state index in [1.54, 1.807) is 0 Å². The molecule has 3 rings (SSSR count). The Hall–Kier alpha value is -3.70. The number of anilines is 1. The molecule has 2 atom stereocenters. The summed E-state index contributed by atoms with van der Waals surface area (Å²) in [5.41, 5.74) is 5.16. The molecule has 2 heterocycles. The Labute approximate surface area is 161 Å². The maximum absolute atomic E-state index is 13.1. The molecule has 29 heavy (non-hydrogen) atoms. The molecule has 12 heteroatoms. The van der Waals surface area contributed by atoms with Crippen molar-refractivity contribution in [1.29, 1.82) is 0 Å². The summed E-state index contributed by atoms with van der Waals surface area (Å²) in [7, 11) is 0. The van der Waals surface area contributed by atoms with Crippen molar-refractivity contribution in [2.45, 2.75) is 18.3 Å². The molecule has 0 radical (unpaired) electrons. The highest BCUT2D eigenvalue weighted by Gasteiger charge is 2.43. The van der Waals surface area contributed by atoms with Crippen LogP contribution in [0.15, 0.2) is 46.1 Å². The molecule has 152 valence electrons. The summed E-state index contributed by atoms with van der Waals surface area (Å²) >= 11 is 0. The third-order valence-electron chi connectivity index (χ3n) is 4.14. The summed E-state index contributed by atoms with van der Waals surface area (Å²) in [6, 6.07) is 2.60. The van der Waals surface area contributed by atoms with Gasteiger partial charge in [0.15, 0.2) is 6.04 Å². The van der Waals surface area contributed by atoms with Gasteiger partial charge in [-0.25, -0.2) is 4.79 Å². The Morgan fingerprint density at radius 2 is 1.90 bits per heavy atom. The van der Waals surface area contributed by atoms with Gasteiger partial charge in [0.05, 0.1) is 17.8 Å². The topological polar surface area (TPSA) is 137 Å². The van der Waals surface area contributed by atoms with E-state index in [1.807, 2.05) is 0 Å². The minimum absolute atomic E-state index is 0.0322. The Morgan fingerprint density at radius 1 is 1.24 bits per heavy atom. The lowest BCUT2D eigenvalue weighted by atomic mass is 10.0. The number of benzene rings is 1. The lowest BCUT2D eigenvalue weighted by molar-refractivity contribution is -0.170. The molecule has 2 aliphatic rings. The number of carbonyl (C=O) groups excluding carboxylic acids is 2. The van der Waals surface area contributed by atoms with Crippen LogP contribution in [0.5, 0.6) is 0 Å². The molecule has 0 bridgehead atoms. The van der Waals surface area contributed by atoms with Crippen molar-refractivity contribution in [2.75, 3.05) is 11.4 Å². The van der Waals surface area contributed by atoms with Gasteiger partial charge in [-0.05, 0) is 30.3 Å². The third kappa shape index (κ3) is 4.25. The van der Waals surface area contributed by atoms with Gasteiger partial charge in [0.25, 0.3) is 5.91 Å². The summed E-state index contributed by atoms with van der Waals surface area (Å²) in [5.74, 6) is -3.91. The fourth-order valence-corrected chi connectivity index (χ4v) is 2.79. The lowest BCUT2D eigenvalue weighted by Crippen LogP contribution is -2.49. The number of carboxylic acid groups (broad SMARTS) is 1. The predicted octanol–water partition coefficient (Wildman–Crippen LogP) is 0.473. The number of rotatable bonds is 4. The quantitative estimate of drug-likeness (QED) is 0.664. The molecule has 0 fully saturated rings. The molecule has 9 nitrogen and oxygen atoms in total. The second-order valence-electron chi connectivity index (χ2n) is 6.19. The van der Waals surface area contributed by atoms with Gasteiger partial charge in [0.1, 0.15) is 11.9 Å². The maximum atomic E-state index is 13.1. The van der Waals surface area contributed by atoms with E-state index in [2.05, 4.69) is 15.3 Å². The number of hydrogen-bond donors (Lipinski definition) is 3. The van der Waals surface area contributed by atoms with Gasteiger partial charge in [-0.2, -0.15) is 13.2 Å². The first-order valence-corrected chi connectivity index (χ1v) is 8.16. The van der Waals surface area contributed by atoms with Crippen LogP contribution in [0.3, 0.4) is 0 Å². The largest absolute Gasteiger partial charge is 0.478 e. The Morgan fingerprint density at radius 3 is 2.48 bits per heavy atom. The summed E-state index contributed by atoms with van der Waals surface area (Å²) in [5, 5.41) is 11.3. The normalized spacial score (nSPS) is 20.9. The average molecular weight is 409 g/mol. The Bertz CT molecular complexity index is 953. The van der Waals surface area contributed by atoms with Crippen molar-refractivity contribution < 1.29 is 32.7 Å². The number of amides is 2. The molecule has 0 saturated carbocycles. The van der Waals surface area contributed by atoms with Gasteiger partial charge >= 0.3 is 18.1 Å². The SMILES string of the molecule is NC1=CC2N=CC(CN(C(=O)C(F)(F)F)c3ccc(C(=O)O)cc3)=NC2C(=O)N1. The number of nitrogens with zero attached hydrogens (tertiary/aromatic N) is 3. The number of aliphatic imine (C=N–C) groups is 2. The number of nitrogens with one attached hydrogen (secondary N) is 1. The maximum Gasteiger partial charge on any atom is 0.471 e. The van der Waals surface area contributed by atoms with Crippen molar-refractivity contribution in [3.05, 3.63) is 41.7 Å². The molecule has 2 unspecified atom stereocenters. The van der Waals surface area contributed by atoms with Gasteiger partial charge in [-0.1, -0.05) is 0 Å². The van der Waals surface area contributed by atoms with E-state index >= 15 is 0 Å². The number of hydrogen-bond acceptors (Lipinski definition) is 6. The molecule has 4 N–H and O–H groups in total. The van der Waals surface area contributed by atoms with E-state index in [9.17, 15) is 27.6 Å². The first-order valence-electron chi connectivity index (χ1n) is 8.16. The van der Waals surface area contributed by atoms with Crippen LogP contribution in [-0.2, 0) is 9.59 Å². The zero-order valence-electron chi connectivity index (χ0n) is 14.6. The first-order chi connectivity index (χ1) is 13.6. The van der Waals surface area contributed by atoms with Crippen LogP contribution < -0.4 is 16.0 Å². The molecular formula is C17H14F3N5O4. The molecule has 2 aliphatic heterocycles. The van der Waals surface area contributed by atoms with Crippen LogP contribution >= 0.6 is 0 Å². The molecule has 0 saturated heterocycles. The van der Waals surface area contributed by atoms with Gasteiger partial charge < -0.3 is 16.2 Å². The van der Waals surface area contributed by atoms with E-state index in [-0.39, 0.29) is 22.8 Å². The van der Waals surface area contributed by atoms with Crippen molar-refractivity contribution in [3.63, 3.8) is 0 Å². The van der Waals surface area contributed by atoms with E-state index in [0.29, 0.717) is 4.90 Å². The second kappa shape index (κ2) is 7.37. The Kier molecular flexibility index (Phi) is 5.10. The minimum Gasteiger partial charge on any atom is -0.478 e. The van der Waals surface area contributed by atoms with Gasteiger partial charge in [0, 0.05) is 11.9 Å². The summed E-state index contributed by atoms with van der Waals surface area (Å²) in [6.45, 7) is -0.621. The van der Waals surface area contributed by atoms with Crippen LogP contribution in [-0.4, -0.2) is 59.6 Å². The Balaban J connectivity index is 1.91. The number of halogens is 3. The number of carboxylic acids is 1. The number of carbonyl (C=O) groups is 3. The molecule has 1 aromatic carbocycles. The zero-order valence-corrected chi connectivity index (χ0v) is 14.6. The molecule has 0 aromatic heterocycles. The number of aromatic carboxylic acids is 1. The molecule has 1 aromatic rings. The molecule has 0 spiro atoms. The van der Waals surface area contributed by atoms with Crippen molar-refractivity contribution in [3.8, 4) is 0 Å². The van der Waals surface area contributed by atoms with Crippen LogP contribution in [0, 0.1) is 0 Å². The van der Waals surface area contributed by atoms with Crippen LogP contribution in [0.25, 0.3) is 0 Å². The zero-order chi connectivity index (χ0) is 21.3. The monoisotopic (exact) mass is 409 g/mol. The van der Waals surface area contributed by atoms with E-state index in [1.165, 1.54) is 12.3 Å². The smallest absolute Gasteiger partial charge is 0.471 e. The highest BCUT2D eigenvalue weighted by molar-refractivity contribution is 6.34. The van der Waals surface area contributed by atoms with Crippen molar-refractivity contribution >= 4 is 35.4 Å². The van der Waals surface area contributed by atoms with E-state index in [0.717, 1.165) is 24.3 Å². The van der Waals surface area contributed by atoms with Crippen molar-refractivity contribution in [2.24, 2.45) is 15.7 Å². The molecule has 0 aliphatic carbocycles. The predicted molar refractivity (Wildman–Crippen MR) is 95.7 cm³/mol. The van der Waals surface area contributed by atoms with Crippen molar-refractivity contribution in [1.82, 2.24) is 5.32 Å². The lowest BCUT2D eigenvalue weighted by Gasteiger charge is -2.29. The third-order valence-corrected chi connectivity index (χ3v) is 4.14. The van der Waals surface area contributed by atoms with Gasteiger partial charge in [-0.3, -0.25) is 24.5 Å². The number of nitrogens with two attached hydrogens (primary N) is 1. The van der Waals surface area contributed by atoms with Crippen LogP contribution in [0.2, 0.25) is 0 Å². The number of alkyl halides is 3. The van der Waals surface area contributed by atoms with Crippen LogP contribution in [0.1, 0.15) is 10.4 Å². The summed E-state index contributed by atoms with van der Waals surface area (Å²) in [6.07, 6.45) is -2.56. The van der Waals surface area contributed by atoms with Gasteiger partial charge in [0.2, 0.25) is 0 Å². The minimum atomic E-state index is -5.18. The summed E-state index contributed by atoms with van der Waals surface area (Å²) in [4.78, 5) is 43.4. The highest BCUT2D eigenvalue weighted by Crippen LogP contribution is 2.25. The first kappa shape index (κ1) is 20.0. The van der Waals surface area contributed by atoms with E-state index < -0.39 is 42.6 Å². The highest BCUT2D eigenvalue weighted by atomic mass is 19.4. The molecular weight excluding hydrogens is 395 g/mol. The fourth-order valence-electron chi connectivity index (χ4n) is 2.79. The fraction of sp³-hybridized carbons (Fsp3) is 0.235. The standard InChI is InChI=1S/C17H14F3N5O4/c18-17(19,20)16(29)25(10-3-1-8(2-4-10)15(27)28)7-9-6-22-11-5-12(21)24-14(26)13(11)23-9/h1-6,11,13H,7,21H2,(H,24,26)(H,27,28). The summed E-state index contributed by atoms with van der Waals surface area (Å²) < 4.78 is 39.2. The van der Waals surface area contributed by atoms with Gasteiger partial charge in [-0.15, -0.1) is 0 Å².